The third-order valence-electron chi connectivity index (χ3n) is 2.37. The van der Waals surface area contributed by atoms with Gasteiger partial charge in [0.25, 0.3) is 0 Å². The lowest BCUT2D eigenvalue weighted by atomic mass is 10.1. The lowest BCUT2D eigenvalue weighted by Gasteiger charge is -2.07. The van der Waals surface area contributed by atoms with Gasteiger partial charge < -0.3 is 10.1 Å². The maximum absolute atomic E-state index is 9.66. The first-order valence-electron chi connectivity index (χ1n) is 5.49. The highest BCUT2D eigenvalue weighted by Gasteiger charge is 2.06. The molecule has 0 aromatic carbocycles. The van der Waals surface area contributed by atoms with E-state index in [0.717, 1.165) is 18.7 Å². The minimum atomic E-state index is -0.238. The molecule has 1 unspecified atom stereocenters. The second-order valence-electron chi connectivity index (χ2n) is 3.74. The average molecular weight is 196 g/mol. The molecule has 0 aliphatic heterocycles. The Labute approximate surface area is 85.6 Å². The summed E-state index contributed by atoms with van der Waals surface area (Å²) in [6, 6.07) is 0. The summed E-state index contributed by atoms with van der Waals surface area (Å²) in [4.78, 5) is 7.08. The van der Waals surface area contributed by atoms with E-state index in [0.29, 0.717) is 6.42 Å². The second kappa shape index (κ2) is 6.60. The van der Waals surface area contributed by atoms with Crippen LogP contribution >= 0.6 is 0 Å². The molecule has 1 atom stereocenters. The van der Waals surface area contributed by atoms with Crippen LogP contribution in [0.2, 0.25) is 0 Å². The molecule has 0 aliphatic carbocycles. The molecule has 0 saturated heterocycles. The largest absolute Gasteiger partial charge is 0.393 e. The zero-order valence-corrected chi connectivity index (χ0v) is 8.87. The molecule has 1 heterocycles. The van der Waals surface area contributed by atoms with Crippen molar-refractivity contribution in [2.75, 3.05) is 0 Å². The number of nitrogens with zero attached hydrogens (tertiary/aromatic N) is 1. The fraction of sp³-hybridized carbons (Fsp3) is 0.727. The number of aliphatic hydroxyl groups is 1. The van der Waals surface area contributed by atoms with Crippen molar-refractivity contribution in [3.05, 3.63) is 18.2 Å². The Morgan fingerprint density at radius 1 is 1.43 bits per heavy atom. The van der Waals surface area contributed by atoms with Gasteiger partial charge in [0.15, 0.2) is 0 Å². The number of aromatic amines is 1. The first kappa shape index (κ1) is 11.2. The summed E-state index contributed by atoms with van der Waals surface area (Å²) in [5.74, 6) is 0.882. The van der Waals surface area contributed by atoms with E-state index >= 15 is 0 Å². The van der Waals surface area contributed by atoms with Gasteiger partial charge in [-0.3, -0.25) is 0 Å². The highest BCUT2D eigenvalue weighted by molar-refractivity contribution is 4.88. The first-order valence-corrected chi connectivity index (χ1v) is 5.49. The van der Waals surface area contributed by atoms with Crippen LogP contribution in [0.25, 0.3) is 0 Å². The van der Waals surface area contributed by atoms with Crippen LogP contribution < -0.4 is 0 Å². The SMILES string of the molecule is CCCCCCC(O)Cc1ncc[nH]1. The molecule has 3 heteroatoms. The van der Waals surface area contributed by atoms with Crippen molar-refractivity contribution in [3.8, 4) is 0 Å². The minimum Gasteiger partial charge on any atom is -0.393 e. The summed E-state index contributed by atoms with van der Waals surface area (Å²) < 4.78 is 0. The van der Waals surface area contributed by atoms with E-state index < -0.39 is 0 Å². The van der Waals surface area contributed by atoms with Crippen LogP contribution in [0.4, 0.5) is 0 Å². The van der Waals surface area contributed by atoms with E-state index in [-0.39, 0.29) is 6.10 Å². The molecule has 0 saturated carbocycles. The Balaban J connectivity index is 2.07. The summed E-state index contributed by atoms with van der Waals surface area (Å²) in [5.41, 5.74) is 0. The number of hydrogen-bond acceptors (Lipinski definition) is 2. The van der Waals surface area contributed by atoms with E-state index in [4.69, 9.17) is 0 Å². The van der Waals surface area contributed by atoms with Gasteiger partial charge in [0.2, 0.25) is 0 Å². The number of unbranched alkanes of at least 4 members (excludes halogenated alkanes) is 3. The predicted molar refractivity (Wildman–Crippen MR) is 57.1 cm³/mol. The molecular formula is C11H20N2O. The van der Waals surface area contributed by atoms with Crippen molar-refractivity contribution in [2.45, 2.75) is 51.6 Å². The summed E-state index contributed by atoms with van der Waals surface area (Å²) in [7, 11) is 0. The van der Waals surface area contributed by atoms with Crippen LogP contribution in [-0.2, 0) is 6.42 Å². The van der Waals surface area contributed by atoms with Gasteiger partial charge in [-0.15, -0.1) is 0 Å². The molecule has 3 nitrogen and oxygen atoms in total. The van der Waals surface area contributed by atoms with E-state index in [2.05, 4.69) is 16.9 Å². The smallest absolute Gasteiger partial charge is 0.108 e. The molecule has 0 spiro atoms. The number of H-pyrrole nitrogens is 1. The molecule has 1 aromatic heterocycles. The van der Waals surface area contributed by atoms with Gasteiger partial charge in [-0.25, -0.2) is 4.98 Å². The molecule has 1 rings (SSSR count). The highest BCUT2D eigenvalue weighted by Crippen LogP contribution is 2.08. The van der Waals surface area contributed by atoms with Gasteiger partial charge >= 0.3 is 0 Å². The Morgan fingerprint density at radius 2 is 2.29 bits per heavy atom. The molecule has 0 radical (unpaired) electrons. The molecule has 2 N–H and O–H groups in total. The molecular weight excluding hydrogens is 176 g/mol. The normalized spacial score (nSPS) is 13.0. The van der Waals surface area contributed by atoms with Crippen molar-refractivity contribution in [1.82, 2.24) is 9.97 Å². The fourth-order valence-corrected chi connectivity index (χ4v) is 1.54. The van der Waals surface area contributed by atoms with Gasteiger partial charge in [-0.05, 0) is 6.42 Å². The van der Waals surface area contributed by atoms with Gasteiger partial charge in [-0.2, -0.15) is 0 Å². The Kier molecular flexibility index (Phi) is 5.30. The maximum atomic E-state index is 9.66. The maximum Gasteiger partial charge on any atom is 0.108 e. The number of hydrogen-bond donors (Lipinski definition) is 2. The van der Waals surface area contributed by atoms with E-state index in [1.165, 1.54) is 19.3 Å². The zero-order chi connectivity index (χ0) is 10.2. The monoisotopic (exact) mass is 196 g/mol. The van der Waals surface area contributed by atoms with Crippen LogP contribution in [0.3, 0.4) is 0 Å². The molecule has 14 heavy (non-hydrogen) atoms. The predicted octanol–water partition coefficient (Wildman–Crippen LogP) is 2.28. The molecule has 1 aromatic rings. The minimum absolute atomic E-state index is 0.238. The van der Waals surface area contributed by atoms with Gasteiger partial charge in [0, 0.05) is 18.8 Å². The summed E-state index contributed by atoms with van der Waals surface area (Å²) in [5, 5.41) is 9.66. The lowest BCUT2D eigenvalue weighted by molar-refractivity contribution is 0.159. The van der Waals surface area contributed by atoms with Crippen LogP contribution in [0, 0.1) is 0 Å². The molecule has 0 amide bonds. The summed E-state index contributed by atoms with van der Waals surface area (Å²) in [6.45, 7) is 2.19. The average Bonchev–Trinajstić information content (AvgIpc) is 2.65. The second-order valence-corrected chi connectivity index (χ2v) is 3.74. The standard InChI is InChI=1S/C11H20N2O/c1-2-3-4-5-6-10(14)9-11-12-7-8-13-11/h7-8,10,14H,2-6,9H2,1H3,(H,12,13). The molecule has 0 fully saturated rings. The van der Waals surface area contributed by atoms with Gasteiger partial charge in [0.05, 0.1) is 6.10 Å². The zero-order valence-electron chi connectivity index (χ0n) is 8.87. The summed E-state index contributed by atoms with van der Waals surface area (Å²) >= 11 is 0. The van der Waals surface area contributed by atoms with E-state index in [1.54, 1.807) is 12.4 Å². The Hall–Kier alpha value is -0.830. The molecule has 0 aliphatic rings. The Morgan fingerprint density at radius 3 is 2.93 bits per heavy atom. The van der Waals surface area contributed by atoms with Gasteiger partial charge in [-0.1, -0.05) is 32.6 Å². The highest BCUT2D eigenvalue weighted by atomic mass is 16.3. The van der Waals surface area contributed by atoms with Crippen molar-refractivity contribution >= 4 is 0 Å². The van der Waals surface area contributed by atoms with Crippen molar-refractivity contribution < 1.29 is 5.11 Å². The lowest BCUT2D eigenvalue weighted by Crippen LogP contribution is -2.11. The molecule has 80 valence electrons. The Bertz CT molecular complexity index is 221. The van der Waals surface area contributed by atoms with Crippen LogP contribution in [0.5, 0.6) is 0 Å². The third kappa shape index (κ3) is 4.42. The van der Waals surface area contributed by atoms with Crippen molar-refractivity contribution in [1.29, 1.82) is 0 Å². The third-order valence-corrected chi connectivity index (χ3v) is 2.37. The van der Waals surface area contributed by atoms with E-state index in [1.807, 2.05) is 0 Å². The van der Waals surface area contributed by atoms with Crippen molar-refractivity contribution in [3.63, 3.8) is 0 Å². The fourth-order valence-electron chi connectivity index (χ4n) is 1.54. The summed E-state index contributed by atoms with van der Waals surface area (Å²) in [6.07, 6.45) is 9.68. The number of rotatable bonds is 7. The molecule has 0 bridgehead atoms. The van der Waals surface area contributed by atoms with Crippen LogP contribution in [0.1, 0.15) is 44.9 Å². The number of aromatic nitrogens is 2. The number of imidazole rings is 1. The van der Waals surface area contributed by atoms with E-state index in [9.17, 15) is 5.11 Å². The number of aliphatic hydroxyl groups excluding tert-OH is 1. The quantitative estimate of drug-likeness (QED) is 0.657. The van der Waals surface area contributed by atoms with Crippen LogP contribution in [0.15, 0.2) is 12.4 Å². The van der Waals surface area contributed by atoms with Crippen molar-refractivity contribution in [2.24, 2.45) is 0 Å². The number of nitrogens with one attached hydrogen (secondary N) is 1. The van der Waals surface area contributed by atoms with Gasteiger partial charge in [0.1, 0.15) is 5.82 Å². The topological polar surface area (TPSA) is 48.9 Å². The van der Waals surface area contributed by atoms with Crippen LogP contribution in [-0.4, -0.2) is 21.2 Å². The first-order chi connectivity index (χ1) is 6.83.